The van der Waals surface area contributed by atoms with Gasteiger partial charge in [-0.05, 0) is 12.8 Å². The number of Topliss-reactive ketones (excluding diaryl/α,β-unsaturated/α-hetero) is 1. The van der Waals surface area contributed by atoms with Gasteiger partial charge in [0.2, 0.25) is 11.7 Å². The van der Waals surface area contributed by atoms with Crippen molar-refractivity contribution < 1.29 is 14.4 Å². The molecule has 1 heterocycles. The number of rotatable bonds is 3. The predicted molar refractivity (Wildman–Crippen MR) is 62.8 cm³/mol. The van der Waals surface area contributed by atoms with Crippen molar-refractivity contribution in [1.29, 1.82) is 0 Å². The van der Waals surface area contributed by atoms with Gasteiger partial charge in [0.25, 0.3) is 0 Å². The molecule has 0 unspecified atom stereocenters. The Morgan fingerprint density at radius 2 is 1.65 bits per heavy atom. The van der Waals surface area contributed by atoms with E-state index in [9.17, 15) is 14.4 Å². The summed E-state index contributed by atoms with van der Waals surface area (Å²) in [7, 11) is 0. The van der Waals surface area contributed by atoms with E-state index in [2.05, 4.69) is 0 Å². The third kappa shape index (κ3) is 2.65. The molecule has 1 rings (SSSR count). The summed E-state index contributed by atoms with van der Waals surface area (Å²) >= 11 is 0. The topological polar surface area (TPSA) is 57.7 Å². The molecule has 1 aliphatic rings. The van der Waals surface area contributed by atoms with Crippen LogP contribution in [0.15, 0.2) is 0 Å². The van der Waals surface area contributed by atoms with Crippen LogP contribution in [0.2, 0.25) is 0 Å². The maximum Gasteiger partial charge on any atom is 0.309 e. The van der Waals surface area contributed by atoms with Crippen molar-refractivity contribution in [2.24, 2.45) is 5.41 Å². The van der Waals surface area contributed by atoms with Crippen molar-refractivity contribution in [2.75, 3.05) is 13.1 Å². The first-order valence-electron chi connectivity index (χ1n) is 5.95. The summed E-state index contributed by atoms with van der Waals surface area (Å²) in [5, 5.41) is 2.63. The number of amides is 2. The highest BCUT2D eigenvalue weighted by Crippen LogP contribution is 2.23. The van der Waals surface area contributed by atoms with E-state index in [4.69, 9.17) is 0 Å². The van der Waals surface area contributed by atoms with Crippen LogP contribution in [0.1, 0.15) is 40.5 Å². The first-order valence-corrected chi connectivity index (χ1v) is 5.95. The second kappa shape index (κ2) is 4.85. The van der Waals surface area contributed by atoms with Gasteiger partial charge in [-0.3, -0.25) is 19.4 Å². The zero-order valence-corrected chi connectivity index (χ0v) is 10.9. The van der Waals surface area contributed by atoms with Crippen LogP contribution in [0.3, 0.4) is 0 Å². The van der Waals surface area contributed by atoms with Crippen molar-refractivity contribution in [2.45, 2.75) is 40.5 Å². The molecule has 5 nitrogen and oxygen atoms in total. The number of hydrazine groups is 1. The molecule has 0 bridgehead atoms. The van der Waals surface area contributed by atoms with Crippen molar-refractivity contribution in [3.05, 3.63) is 0 Å². The van der Waals surface area contributed by atoms with Crippen LogP contribution >= 0.6 is 0 Å². The van der Waals surface area contributed by atoms with Gasteiger partial charge in [0.05, 0.1) is 0 Å². The number of carbonyl (C=O) groups excluding carboxylic acids is 3. The van der Waals surface area contributed by atoms with Crippen LogP contribution in [0.5, 0.6) is 0 Å². The van der Waals surface area contributed by atoms with Crippen LogP contribution in [0.25, 0.3) is 0 Å². The lowest BCUT2D eigenvalue weighted by molar-refractivity contribution is -0.163. The number of carbonyl (C=O) groups is 3. The monoisotopic (exact) mass is 240 g/mol. The smallest absolute Gasteiger partial charge is 0.288 e. The lowest BCUT2D eigenvalue weighted by Crippen LogP contribution is -2.49. The van der Waals surface area contributed by atoms with E-state index >= 15 is 0 Å². The van der Waals surface area contributed by atoms with Crippen LogP contribution < -0.4 is 0 Å². The van der Waals surface area contributed by atoms with Gasteiger partial charge in [0.1, 0.15) is 0 Å². The minimum Gasteiger partial charge on any atom is -0.288 e. The standard InChI is InChI=1S/C12H20N2O3/c1-5-12(3,4)10(16)11(17)14-8-6-7-13(14)9(2)15/h5-8H2,1-4H3. The molecule has 0 atom stereocenters. The first kappa shape index (κ1) is 13.7. The summed E-state index contributed by atoms with van der Waals surface area (Å²) in [6.45, 7) is 7.74. The fourth-order valence-electron chi connectivity index (χ4n) is 1.72. The second-order valence-corrected chi connectivity index (χ2v) is 4.99. The second-order valence-electron chi connectivity index (χ2n) is 4.99. The zero-order valence-electron chi connectivity index (χ0n) is 10.9. The van der Waals surface area contributed by atoms with Gasteiger partial charge >= 0.3 is 5.91 Å². The van der Waals surface area contributed by atoms with E-state index in [-0.39, 0.29) is 5.91 Å². The Balaban J connectivity index is 2.83. The molecular formula is C12H20N2O3. The Bertz CT molecular complexity index is 350. The van der Waals surface area contributed by atoms with Gasteiger partial charge in [-0.15, -0.1) is 0 Å². The molecule has 17 heavy (non-hydrogen) atoms. The molecule has 0 spiro atoms. The predicted octanol–water partition coefficient (Wildman–Crippen LogP) is 0.987. The summed E-state index contributed by atoms with van der Waals surface area (Å²) in [6, 6.07) is 0. The normalized spacial score (nSPS) is 16.2. The molecule has 96 valence electrons. The summed E-state index contributed by atoms with van der Waals surface area (Å²) in [4.78, 5) is 35.4. The van der Waals surface area contributed by atoms with Crippen LogP contribution in [0.4, 0.5) is 0 Å². The molecule has 0 N–H and O–H groups in total. The lowest BCUT2D eigenvalue weighted by atomic mass is 9.85. The number of ketones is 1. The fraction of sp³-hybridized carbons (Fsp3) is 0.750. The Kier molecular flexibility index (Phi) is 3.91. The molecule has 0 aliphatic carbocycles. The molecule has 1 saturated heterocycles. The van der Waals surface area contributed by atoms with E-state index in [0.717, 1.165) is 6.42 Å². The SMILES string of the molecule is CCC(C)(C)C(=O)C(=O)N1CCCN1C(C)=O. The summed E-state index contributed by atoms with van der Waals surface area (Å²) < 4.78 is 0. The minimum atomic E-state index is -0.665. The minimum absolute atomic E-state index is 0.196. The molecule has 1 aliphatic heterocycles. The van der Waals surface area contributed by atoms with Crippen molar-refractivity contribution in [3.8, 4) is 0 Å². The van der Waals surface area contributed by atoms with Crippen LogP contribution in [-0.4, -0.2) is 40.7 Å². The maximum atomic E-state index is 12.0. The molecular weight excluding hydrogens is 220 g/mol. The largest absolute Gasteiger partial charge is 0.309 e. The quantitative estimate of drug-likeness (QED) is 0.691. The number of hydrogen-bond acceptors (Lipinski definition) is 3. The van der Waals surface area contributed by atoms with Gasteiger partial charge in [0, 0.05) is 25.4 Å². The molecule has 2 amide bonds. The number of hydrogen-bond donors (Lipinski definition) is 0. The van der Waals surface area contributed by atoms with E-state index in [1.165, 1.54) is 16.9 Å². The highest BCUT2D eigenvalue weighted by Gasteiger charge is 2.38. The highest BCUT2D eigenvalue weighted by atomic mass is 16.2. The molecule has 1 fully saturated rings. The summed E-state index contributed by atoms with van der Waals surface area (Å²) in [6.07, 6.45) is 1.33. The molecule has 0 radical (unpaired) electrons. The Hall–Kier alpha value is -1.39. The Morgan fingerprint density at radius 3 is 2.12 bits per heavy atom. The van der Waals surface area contributed by atoms with Crippen LogP contribution in [0, 0.1) is 5.41 Å². The van der Waals surface area contributed by atoms with Crippen molar-refractivity contribution in [1.82, 2.24) is 10.0 Å². The van der Waals surface area contributed by atoms with Gasteiger partial charge in [-0.25, -0.2) is 5.01 Å². The average molecular weight is 240 g/mol. The third-order valence-electron chi connectivity index (χ3n) is 3.32. The Labute approximate surface area is 102 Å². The van der Waals surface area contributed by atoms with Gasteiger partial charge in [0.15, 0.2) is 0 Å². The maximum absolute atomic E-state index is 12.0. The molecule has 5 heteroatoms. The first-order chi connectivity index (χ1) is 7.81. The van der Waals surface area contributed by atoms with Crippen molar-refractivity contribution >= 4 is 17.6 Å². The van der Waals surface area contributed by atoms with Gasteiger partial charge in [-0.1, -0.05) is 20.8 Å². The van der Waals surface area contributed by atoms with E-state index < -0.39 is 17.1 Å². The van der Waals surface area contributed by atoms with E-state index in [1.807, 2.05) is 6.92 Å². The fourth-order valence-corrected chi connectivity index (χ4v) is 1.72. The molecule has 0 aromatic heterocycles. The van der Waals surface area contributed by atoms with Crippen molar-refractivity contribution in [3.63, 3.8) is 0 Å². The lowest BCUT2D eigenvalue weighted by Gasteiger charge is -2.29. The zero-order chi connectivity index (χ0) is 13.2. The van der Waals surface area contributed by atoms with Gasteiger partial charge in [-0.2, -0.15) is 0 Å². The summed E-state index contributed by atoms with van der Waals surface area (Å²) in [5.74, 6) is -1.18. The molecule has 0 aromatic carbocycles. The van der Waals surface area contributed by atoms with E-state index in [1.54, 1.807) is 13.8 Å². The summed E-state index contributed by atoms with van der Waals surface area (Å²) in [5.41, 5.74) is -0.665. The highest BCUT2D eigenvalue weighted by molar-refractivity contribution is 6.38. The molecule has 0 aromatic rings. The number of nitrogens with zero attached hydrogens (tertiary/aromatic N) is 2. The average Bonchev–Trinajstić information content (AvgIpc) is 2.75. The van der Waals surface area contributed by atoms with Crippen LogP contribution in [-0.2, 0) is 14.4 Å². The van der Waals surface area contributed by atoms with Gasteiger partial charge < -0.3 is 0 Å². The van der Waals surface area contributed by atoms with E-state index in [0.29, 0.717) is 19.5 Å². The molecule has 0 saturated carbocycles. The Morgan fingerprint density at radius 1 is 1.12 bits per heavy atom. The third-order valence-corrected chi connectivity index (χ3v) is 3.32.